The van der Waals surface area contributed by atoms with Crippen LogP contribution in [0.4, 0.5) is 0 Å². The maximum atomic E-state index is 2.48. The minimum Gasteiger partial charge on any atom is -0.328 e. The van der Waals surface area contributed by atoms with Crippen LogP contribution < -0.4 is 0 Å². The maximum absolute atomic E-state index is 2.48. The first-order chi connectivity index (χ1) is 5.83. The molecule has 0 saturated heterocycles. The first kappa shape index (κ1) is 9.48. The third kappa shape index (κ3) is 3.20. The summed E-state index contributed by atoms with van der Waals surface area (Å²) in [6.45, 7) is 4.60. The minimum absolute atomic E-state index is 1.13. The molecule has 0 unspecified atom stereocenters. The van der Waals surface area contributed by atoms with E-state index in [2.05, 4.69) is 41.8 Å². The van der Waals surface area contributed by atoms with E-state index < -0.39 is 0 Å². The fraction of sp³-hybridized carbons (Fsp3) is 0.400. The van der Waals surface area contributed by atoms with Crippen LogP contribution in [0.5, 0.6) is 0 Å². The number of rotatable bonds is 4. The van der Waals surface area contributed by atoms with E-state index in [1.807, 2.05) is 0 Å². The van der Waals surface area contributed by atoms with E-state index in [9.17, 15) is 0 Å². The molecule has 1 nitrogen and oxygen atoms in total. The summed E-state index contributed by atoms with van der Waals surface area (Å²) in [6, 6.07) is 10.7. The lowest BCUT2D eigenvalue weighted by atomic mass is 10.2. The molecule has 0 atom stereocenters. The molecule has 1 aromatic rings. The van der Waals surface area contributed by atoms with Gasteiger partial charge in [0.05, 0.1) is 10.4 Å². The van der Waals surface area contributed by atoms with Gasteiger partial charge in [0.2, 0.25) is 0 Å². The Labute approximate surface area is 77.9 Å². The zero-order valence-corrected chi connectivity index (χ0v) is 9.96. The average molecular weight is 179 g/mol. The molecule has 0 aliphatic rings. The zero-order chi connectivity index (χ0) is 8.81. The molecule has 0 radical (unpaired) electrons. The first-order valence-electron chi connectivity index (χ1n) is 4.55. The third-order valence-corrected chi connectivity index (χ3v) is 2.66. The van der Waals surface area contributed by atoms with Crippen molar-refractivity contribution in [3.63, 3.8) is 0 Å². The Morgan fingerprint density at radius 3 is 2.50 bits per heavy atom. The molecule has 0 saturated carbocycles. The molecule has 0 amide bonds. The van der Waals surface area contributed by atoms with E-state index in [0.717, 1.165) is 6.54 Å². The fourth-order valence-electron chi connectivity index (χ4n) is 1.36. The summed E-state index contributed by atoms with van der Waals surface area (Å²) in [7, 11) is 1.17. The maximum Gasteiger partial charge on any atom is 0.0788 e. The molecule has 0 bridgehead atoms. The molecule has 1 rings (SSSR count). The second-order valence-corrected chi connectivity index (χ2v) is 4.49. The molecule has 0 aliphatic carbocycles. The molecule has 0 aromatic heterocycles. The highest BCUT2D eigenvalue weighted by atomic mass is 28.2. The highest BCUT2D eigenvalue weighted by Crippen LogP contribution is 2.01. The van der Waals surface area contributed by atoms with Crippen LogP contribution in [0.3, 0.4) is 0 Å². The van der Waals surface area contributed by atoms with Crippen molar-refractivity contribution < 1.29 is 0 Å². The van der Waals surface area contributed by atoms with Crippen LogP contribution in [0.2, 0.25) is 0 Å². The Morgan fingerprint density at radius 2 is 1.92 bits per heavy atom. The SMILES string of the molecule is CCCN([SiH3])Cc1ccccc1. The van der Waals surface area contributed by atoms with Crippen LogP contribution >= 0.6 is 0 Å². The highest BCUT2D eigenvalue weighted by Gasteiger charge is 1.96. The lowest BCUT2D eigenvalue weighted by molar-refractivity contribution is 0.447. The predicted molar refractivity (Wildman–Crippen MR) is 57.1 cm³/mol. The largest absolute Gasteiger partial charge is 0.328 e. The molecule has 2 heteroatoms. The van der Waals surface area contributed by atoms with Crippen molar-refractivity contribution in [3.8, 4) is 0 Å². The van der Waals surface area contributed by atoms with Gasteiger partial charge in [0.1, 0.15) is 0 Å². The van der Waals surface area contributed by atoms with Crippen LogP contribution in [0.15, 0.2) is 30.3 Å². The summed E-state index contributed by atoms with van der Waals surface area (Å²) in [4.78, 5) is 0. The predicted octanol–water partition coefficient (Wildman–Crippen LogP) is 1.18. The molecule has 0 N–H and O–H groups in total. The smallest absolute Gasteiger partial charge is 0.0788 e. The van der Waals surface area contributed by atoms with Crippen LogP contribution in [0, 0.1) is 0 Å². The molecule has 0 heterocycles. The van der Waals surface area contributed by atoms with Crippen molar-refractivity contribution in [1.29, 1.82) is 0 Å². The monoisotopic (exact) mass is 179 g/mol. The summed E-state index contributed by atoms with van der Waals surface area (Å²) in [6.07, 6.45) is 1.26. The lowest BCUT2D eigenvalue weighted by Crippen LogP contribution is -2.20. The summed E-state index contributed by atoms with van der Waals surface area (Å²) >= 11 is 0. The summed E-state index contributed by atoms with van der Waals surface area (Å²) < 4.78 is 2.48. The highest BCUT2D eigenvalue weighted by molar-refractivity contribution is 6.04. The number of benzene rings is 1. The van der Waals surface area contributed by atoms with Crippen molar-refractivity contribution in [2.45, 2.75) is 19.9 Å². The van der Waals surface area contributed by atoms with Crippen LogP contribution in [0.25, 0.3) is 0 Å². The second kappa shape index (κ2) is 5.12. The zero-order valence-electron chi connectivity index (χ0n) is 7.96. The van der Waals surface area contributed by atoms with E-state index in [1.165, 1.54) is 28.9 Å². The number of hydrogen-bond acceptors (Lipinski definition) is 1. The Hall–Kier alpha value is -0.603. The van der Waals surface area contributed by atoms with E-state index in [4.69, 9.17) is 0 Å². The molecular formula is C10H17NSi. The number of hydrogen-bond donors (Lipinski definition) is 0. The van der Waals surface area contributed by atoms with Crippen molar-refractivity contribution >= 4 is 10.4 Å². The number of nitrogens with zero attached hydrogens (tertiary/aromatic N) is 1. The van der Waals surface area contributed by atoms with Crippen LogP contribution in [-0.4, -0.2) is 21.5 Å². The van der Waals surface area contributed by atoms with Gasteiger partial charge in [-0.3, -0.25) is 0 Å². The Bertz CT molecular complexity index is 210. The van der Waals surface area contributed by atoms with Gasteiger partial charge < -0.3 is 4.57 Å². The van der Waals surface area contributed by atoms with Gasteiger partial charge in [-0.25, -0.2) is 0 Å². The molecule has 0 aliphatic heterocycles. The van der Waals surface area contributed by atoms with Gasteiger partial charge in [0.25, 0.3) is 0 Å². The lowest BCUT2D eigenvalue weighted by Gasteiger charge is -2.15. The van der Waals surface area contributed by atoms with Crippen molar-refractivity contribution in [2.24, 2.45) is 0 Å². The van der Waals surface area contributed by atoms with Gasteiger partial charge >= 0.3 is 0 Å². The Balaban J connectivity index is 2.41. The molecule has 12 heavy (non-hydrogen) atoms. The Kier molecular flexibility index (Phi) is 4.04. The summed E-state index contributed by atoms with van der Waals surface area (Å²) in [5.41, 5.74) is 1.43. The van der Waals surface area contributed by atoms with Gasteiger partial charge in [-0.2, -0.15) is 0 Å². The molecular weight excluding hydrogens is 162 g/mol. The van der Waals surface area contributed by atoms with Crippen LogP contribution in [0.1, 0.15) is 18.9 Å². The van der Waals surface area contributed by atoms with E-state index in [0.29, 0.717) is 0 Å². The van der Waals surface area contributed by atoms with E-state index >= 15 is 0 Å². The van der Waals surface area contributed by atoms with Crippen molar-refractivity contribution in [2.75, 3.05) is 6.54 Å². The second-order valence-electron chi connectivity index (χ2n) is 3.22. The minimum atomic E-state index is 1.13. The van der Waals surface area contributed by atoms with Crippen LogP contribution in [-0.2, 0) is 6.54 Å². The molecule has 66 valence electrons. The first-order valence-corrected chi connectivity index (χ1v) is 5.45. The van der Waals surface area contributed by atoms with Gasteiger partial charge in [0.15, 0.2) is 0 Å². The van der Waals surface area contributed by atoms with Crippen molar-refractivity contribution in [1.82, 2.24) is 4.57 Å². The Morgan fingerprint density at radius 1 is 1.25 bits per heavy atom. The third-order valence-electron chi connectivity index (χ3n) is 1.90. The quantitative estimate of drug-likeness (QED) is 0.627. The molecule has 0 spiro atoms. The fourth-order valence-corrected chi connectivity index (χ4v) is 2.17. The molecule has 1 aromatic carbocycles. The van der Waals surface area contributed by atoms with Gasteiger partial charge in [-0.15, -0.1) is 0 Å². The van der Waals surface area contributed by atoms with Gasteiger partial charge in [-0.1, -0.05) is 37.3 Å². The van der Waals surface area contributed by atoms with Gasteiger partial charge in [0, 0.05) is 6.54 Å². The molecule has 0 fully saturated rings. The van der Waals surface area contributed by atoms with Crippen molar-refractivity contribution in [3.05, 3.63) is 35.9 Å². The van der Waals surface area contributed by atoms with Gasteiger partial charge in [-0.05, 0) is 18.5 Å². The topological polar surface area (TPSA) is 3.24 Å². The summed E-state index contributed by atoms with van der Waals surface area (Å²) in [5.74, 6) is 0. The van der Waals surface area contributed by atoms with E-state index in [1.54, 1.807) is 0 Å². The standard InChI is InChI=1S/C10H17NSi/c1-2-8-11(12)9-10-6-4-3-5-7-10/h3-7H,2,8-9H2,1,12H3. The van der Waals surface area contributed by atoms with E-state index in [-0.39, 0.29) is 0 Å². The normalized spacial score (nSPS) is 10.8. The summed E-state index contributed by atoms with van der Waals surface area (Å²) in [5, 5.41) is 0. The average Bonchev–Trinajstić information content (AvgIpc) is 2.06.